The van der Waals surface area contributed by atoms with E-state index >= 15 is 0 Å². The fraction of sp³-hybridized carbons (Fsp3) is 0.200. The zero-order chi connectivity index (χ0) is 22.5. The third-order valence-electron chi connectivity index (χ3n) is 4.83. The van der Waals surface area contributed by atoms with Crippen LogP contribution >= 0.6 is 11.3 Å². The van der Waals surface area contributed by atoms with E-state index in [1.165, 1.54) is 12.1 Å². The number of carbonyl (C=O) groups excluding carboxylic acids is 1. The van der Waals surface area contributed by atoms with E-state index in [2.05, 4.69) is 17.4 Å². The monoisotopic (exact) mass is 449 g/mol. The minimum atomic E-state index is -0.324. The summed E-state index contributed by atoms with van der Waals surface area (Å²) in [4.78, 5) is 19.0. The van der Waals surface area contributed by atoms with Crippen molar-refractivity contribution in [3.8, 4) is 16.3 Å². The molecule has 1 aromatic heterocycles. The van der Waals surface area contributed by atoms with Gasteiger partial charge in [0.1, 0.15) is 16.6 Å². The van der Waals surface area contributed by atoms with E-state index < -0.39 is 0 Å². The first-order chi connectivity index (χ1) is 15.5. The minimum absolute atomic E-state index is 0.115. The maximum absolute atomic E-state index is 13.3. The Kier molecular flexibility index (Phi) is 6.78. The number of hydrogen-bond donors (Lipinski definition) is 1. The Labute approximate surface area is 190 Å². The lowest BCUT2D eigenvalue weighted by atomic mass is 10.1. The summed E-state index contributed by atoms with van der Waals surface area (Å²) in [6.45, 7) is 0.802. The lowest BCUT2D eigenvalue weighted by Gasteiger charge is -2.16. The Balaban J connectivity index is 1.46. The standard InChI is InChI=1S/C25H24FN3O2S/c1-29(2)15-19-13-18(25-28-21-8-3-4-9-23(21)32-25)10-11-22(19)31-16-24(30)27-14-17-6-5-7-20(26)12-17/h3-13H,14-16H2,1-2H3,(H,27,30). The smallest absolute Gasteiger partial charge is 0.258 e. The molecular formula is C25H24FN3O2S. The Morgan fingerprint density at radius 2 is 1.94 bits per heavy atom. The van der Waals surface area contributed by atoms with Crippen LogP contribution in [-0.2, 0) is 17.9 Å². The Morgan fingerprint density at radius 1 is 1.09 bits per heavy atom. The molecule has 0 fully saturated rings. The maximum atomic E-state index is 13.3. The van der Waals surface area contributed by atoms with E-state index in [4.69, 9.17) is 9.72 Å². The molecule has 0 unspecified atom stereocenters. The van der Waals surface area contributed by atoms with Crippen molar-refractivity contribution in [2.24, 2.45) is 0 Å². The summed E-state index contributed by atoms with van der Waals surface area (Å²) in [5.41, 5.74) is 3.68. The summed E-state index contributed by atoms with van der Waals surface area (Å²) in [5.74, 6) is 0.0688. The number of ether oxygens (including phenoxy) is 1. The molecule has 0 saturated heterocycles. The SMILES string of the molecule is CN(C)Cc1cc(-c2nc3ccccc3s2)ccc1OCC(=O)NCc1cccc(F)c1. The highest BCUT2D eigenvalue weighted by molar-refractivity contribution is 7.21. The zero-order valence-electron chi connectivity index (χ0n) is 18.0. The molecule has 0 bridgehead atoms. The van der Waals surface area contributed by atoms with E-state index in [1.807, 2.05) is 49.3 Å². The predicted molar refractivity (Wildman–Crippen MR) is 126 cm³/mol. The number of benzene rings is 3. The van der Waals surface area contributed by atoms with Crippen LogP contribution in [0.5, 0.6) is 5.75 Å². The summed E-state index contributed by atoms with van der Waals surface area (Å²) in [7, 11) is 3.97. The number of nitrogens with zero attached hydrogens (tertiary/aromatic N) is 2. The molecule has 164 valence electrons. The molecule has 0 radical (unpaired) electrons. The number of thiazole rings is 1. The topological polar surface area (TPSA) is 54.5 Å². The molecule has 0 spiro atoms. The van der Waals surface area contributed by atoms with Crippen molar-refractivity contribution in [3.63, 3.8) is 0 Å². The predicted octanol–water partition coefficient (Wildman–Crippen LogP) is 4.86. The van der Waals surface area contributed by atoms with Crippen LogP contribution in [0.4, 0.5) is 4.39 Å². The van der Waals surface area contributed by atoms with E-state index in [-0.39, 0.29) is 24.9 Å². The molecule has 1 N–H and O–H groups in total. The average Bonchev–Trinajstić information content (AvgIpc) is 3.21. The second-order valence-corrected chi connectivity index (χ2v) is 8.77. The highest BCUT2D eigenvalue weighted by atomic mass is 32.1. The van der Waals surface area contributed by atoms with Crippen LogP contribution in [0.15, 0.2) is 66.7 Å². The molecule has 0 atom stereocenters. The number of fused-ring (bicyclic) bond motifs is 1. The van der Waals surface area contributed by atoms with Crippen LogP contribution in [0.25, 0.3) is 20.8 Å². The van der Waals surface area contributed by atoms with E-state index in [1.54, 1.807) is 23.5 Å². The number of hydrogen-bond acceptors (Lipinski definition) is 5. The fourth-order valence-corrected chi connectivity index (χ4v) is 4.32. The summed E-state index contributed by atoms with van der Waals surface area (Å²) in [6, 6.07) is 20.2. The molecule has 4 rings (SSSR count). The van der Waals surface area contributed by atoms with Crippen molar-refractivity contribution in [2.75, 3.05) is 20.7 Å². The molecule has 0 aliphatic rings. The van der Waals surface area contributed by atoms with Gasteiger partial charge >= 0.3 is 0 Å². The third-order valence-corrected chi connectivity index (χ3v) is 5.91. The highest BCUT2D eigenvalue weighted by Crippen LogP contribution is 2.33. The molecule has 5 nitrogen and oxygen atoms in total. The van der Waals surface area contributed by atoms with Gasteiger partial charge in [-0.05, 0) is 62.1 Å². The third kappa shape index (κ3) is 5.49. The molecule has 0 aliphatic carbocycles. The van der Waals surface area contributed by atoms with Crippen LogP contribution in [0.1, 0.15) is 11.1 Å². The molecule has 1 heterocycles. The Bertz CT molecular complexity index is 1210. The first-order valence-electron chi connectivity index (χ1n) is 10.3. The van der Waals surface area contributed by atoms with Crippen LogP contribution < -0.4 is 10.1 Å². The second kappa shape index (κ2) is 9.89. The van der Waals surface area contributed by atoms with E-state index in [0.29, 0.717) is 17.9 Å². The van der Waals surface area contributed by atoms with Gasteiger partial charge in [0.2, 0.25) is 0 Å². The van der Waals surface area contributed by atoms with Crippen molar-refractivity contribution >= 4 is 27.5 Å². The van der Waals surface area contributed by atoms with Crippen molar-refractivity contribution in [2.45, 2.75) is 13.1 Å². The molecule has 7 heteroatoms. The van der Waals surface area contributed by atoms with Gasteiger partial charge in [0.15, 0.2) is 6.61 Å². The number of carbonyl (C=O) groups is 1. The van der Waals surface area contributed by atoms with Crippen LogP contribution in [-0.4, -0.2) is 36.5 Å². The molecular weight excluding hydrogens is 425 g/mol. The van der Waals surface area contributed by atoms with Gasteiger partial charge in [-0.15, -0.1) is 11.3 Å². The van der Waals surface area contributed by atoms with Crippen LogP contribution in [0.3, 0.4) is 0 Å². The number of amides is 1. The number of rotatable bonds is 8. The van der Waals surface area contributed by atoms with Crippen molar-refractivity contribution in [3.05, 3.63) is 83.7 Å². The van der Waals surface area contributed by atoms with Gasteiger partial charge in [0, 0.05) is 24.2 Å². The van der Waals surface area contributed by atoms with Crippen molar-refractivity contribution in [1.29, 1.82) is 0 Å². The zero-order valence-corrected chi connectivity index (χ0v) is 18.8. The summed E-state index contributed by atoms with van der Waals surface area (Å²) < 4.78 is 20.3. The van der Waals surface area contributed by atoms with Gasteiger partial charge in [0.05, 0.1) is 10.2 Å². The van der Waals surface area contributed by atoms with Gasteiger partial charge in [-0.1, -0.05) is 24.3 Å². The minimum Gasteiger partial charge on any atom is -0.483 e. The molecule has 1 amide bonds. The summed E-state index contributed by atoms with van der Waals surface area (Å²) in [6.07, 6.45) is 0. The maximum Gasteiger partial charge on any atom is 0.258 e. The van der Waals surface area contributed by atoms with Crippen LogP contribution in [0, 0.1) is 5.82 Å². The average molecular weight is 450 g/mol. The molecule has 0 aliphatic heterocycles. The Morgan fingerprint density at radius 3 is 2.72 bits per heavy atom. The van der Waals surface area contributed by atoms with Gasteiger partial charge in [-0.3, -0.25) is 4.79 Å². The number of aromatic nitrogens is 1. The summed E-state index contributed by atoms with van der Waals surface area (Å²) in [5, 5.41) is 3.71. The Hall–Kier alpha value is -3.29. The van der Waals surface area contributed by atoms with Crippen LogP contribution in [0.2, 0.25) is 0 Å². The quantitative estimate of drug-likeness (QED) is 0.417. The van der Waals surface area contributed by atoms with E-state index in [0.717, 1.165) is 26.4 Å². The molecule has 4 aromatic rings. The number of halogens is 1. The molecule has 0 saturated carbocycles. The first kappa shape index (κ1) is 21.9. The fourth-order valence-electron chi connectivity index (χ4n) is 3.36. The second-order valence-electron chi connectivity index (χ2n) is 7.74. The van der Waals surface area contributed by atoms with Crippen molar-refractivity contribution < 1.29 is 13.9 Å². The largest absolute Gasteiger partial charge is 0.483 e. The molecule has 32 heavy (non-hydrogen) atoms. The van der Waals surface area contributed by atoms with Gasteiger partial charge in [-0.25, -0.2) is 9.37 Å². The lowest BCUT2D eigenvalue weighted by Crippen LogP contribution is -2.28. The van der Waals surface area contributed by atoms with E-state index in [9.17, 15) is 9.18 Å². The lowest BCUT2D eigenvalue weighted by molar-refractivity contribution is -0.123. The normalized spacial score (nSPS) is 11.1. The van der Waals surface area contributed by atoms with Crippen molar-refractivity contribution in [1.82, 2.24) is 15.2 Å². The number of para-hydroxylation sites is 1. The van der Waals surface area contributed by atoms with Gasteiger partial charge < -0.3 is 15.0 Å². The number of nitrogens with one attached hydrogen (secondary N) is 1. The molecule has 3 aromatic carbocycles. The summed E-state index contributed by atoms with van der Waals surface area (Å²) >= 11 is 1.65. The van der Waals surface area contributed by atoms with Gasteiger partial charge in [-0.2, -0.15) is 0 Å². The first-order valence-corrected chi connectivity index (χ1v) is 11.1. The highest BCUT2D eigenvalue weighted by Gasteiger charge is 2.13. The van der Waals surface area contributed by atoms with Gasteiger partial charge in [0.25, 0.3) is 5.91 Å².